The van der Waals surface area contributed by atoms with Crippen LogP contribution >= 0.6 is 0 Å². The summed E-state index contributed by atoms with van der Waals surface area (Å²) in [5, 5.41) is 0. The molecule has 0 aliphatic rings. The summed E-state index contributed by atoms with van der Waals surface area (Å²) >= 11 is 0. The molecule has 1 rings (SSSR count). The molecule has 0 aliphatic heterocycles. The fraction of sp³-hybridized carbons (Fsp3) is 0.250. The number of methoxy groups -OCH3 is 1. The summed E-state index contributed by atoms with van der Waals surface area (Å²) in [6, 6.07) is 8.03. The van der Waals surface area contributed by atoms with Crippen molar-refractivity contribution in [2.45, 2.75) is 13.3 Å². The third kappa shape index (κ3) is 3.05. The van der Waals surface area contributed by atoms with E-state index < -0.39 is 0 Å². The minimum atomic E-state index is -0.213. The zero-order valence-corrected chi connectivity index (χ0v) is 8.49. The van der Waals surface area contributed by atoms with Crippen LogP contribution in [0.5, 0.6) is 0 Å². The summed E-state index contributed by atoms with van der Waals surface area (Å²) in [5.74, 6) is -0.213. The fourth-order valence-corrected chi connectivity index (χ4v) is 1.14. The molecule has 0 saturated heterocycles. The molecular weight excluding hydrogens is 176 g/mol. The maximum absolute atomic E-state index is 10.8. The van der Waals surface area contributed by atoms with Gasteiger partial charge in [-0.3, -0.25) is 4.79 Å². The van der Waals surface area contributed by atoms with E-state index in [-0.39, 0.29) is 5.97 Å². The Hall–Kier alpha value is -1.57. The van der Waals surface area contributed by atoms with Crippen LogP contribution in [-0.4, -0.2) is 13.1 Å². The third-order valence-electron chi connectivity index (χ3n) is 2.00. The van der Waals surface area contributed by atoms with Gasteiger partial charge in [0.1, 0.15) is 0 Å². The van der Waals surface area contributed by atoms with Crippen LogP contribution in [0, 0.1) is 6.92 Å². The molecule has 0 aromatic heterocycles. The van der Waals surface area contributed by atoms with Gasteiger partial charge in [0.05, 0.1) is 13.5 Å². The maximum atomic E-state index is 10.8. The average Bonchev–Trinajstić information content (AvgIpc) is 2.20. The Morgan fingerprint density at radius 3 is 2.79 bits per heavy atom. The molecule has 0 bridgehead atoms. The van der Waals surface area contributed by atoms with E-state index in [1.807, 2.05) is 43.3 Å². The molecule has 14 heavy (non-hydrogen) atoms. The normalized spacial score (nSPS) is 10.4. The fourth-order valence-electron chi connectivity index (χ4n) is 1.14. The van der Waals surface area contributed by atoms with Crippen molar-refractivity contribution in [1.82, 2.24) is 0 Å². The van der Waals surface area contributed by atoms with Crippen molar-refractivity contribution in [1.29, 1.82) is 0 Å². The molecule has 0 fully saturated rings. The second-order valence-electron chi connectivity index (χ2n) is 3.04. The Morgan fingerprint density at radius 1 is 1.43 bits per heavy atom. The summed E-state index contributed by atoms with van der Waals surface area (Å²) in [6.07, 6.45) is 4.07. The van der Waals surface area contributed by atoms with Crippen molar-refractivity contribution < 1.29 is 9.53 Å². The van der Waals surface area contributed by atoms with Crippen molar-refractivity contribution >= 4 is 12.0 Å². The highest BCUT2D eigenvalue weighted by Crippen LogP contribution is 2.09. The monoisotopic (exact) mass is 190 g/mol. The van der Waals surface area contributed by atoms with Gasteiger partial charge in [-0.1, -0.05) is 36.4 Å². The molecular formula is C12H14O2. The van der Waals surface area contributed by atoms with Crippen LogP contribution in [0.3, 0.4) is 0 Å². The Morgan fingerprint density at radius 2 is 2.14 bits per heavy atom. The molecule has 1 aromatic rings. The molecule has 0 saturated carbocycles. The standard InChI is InChI=1S/C12H14O2/c1-10-6-3-4-7-11(10)8-5-9-12(13)14-2/h3-8H,9H2,1-2H3/b8-5+. The number of rotatable bonds is 3. The Kier molecular flexibility index (Phi) is 3.92. The first-order chi connectivity index (χ1) is 6.74. The lowest BCUT2D eigenvalue weighted by Crippen LogP contribution is -1.96. The largest absolute Gasteiger partial charge is 0.469 e. The van der Waals surface area contributed by atoms with Crippen LogP contribution in [0.4, 0.5) is 0 Å². The first kappa shape index (κ1) is 10.5. The summed E-state index contributed by atoms with van der Waals surface area (Å²) in [4.78, 5) is 10.8. The van der Waals surface area contributed by atoms with Gasteiger partial charge in [-0.05, 0) is 18.1 Å². The number of esters is 1. The maximum Gasteiger partial charge on any atom is 0.309 e. The third-order valence-corrected chi connectivity index (χ3v) is 2.00. The van der Waals surface area contributed by atoms with Crippen LogP contribution in [-0.2, 0) is 9.53 Å². The van der Waals surface area contributed by atoms with E-state index in [2.05, 4.69) is 4.74 Å². The Balaban J connectivity index is 2.60. The number of carbonyl (C=O) groups is 1. The van der Waals surface area contributed by atoms with E-state index in [0.717, 1.165) is 5.56 Å². The molecule has 1 aromatic carbocycles. The van der Waals surface area contributed by atoms with Crippen molar-refractivity contribution in [3.8, 4) is 0 Å². The summed E-state index contributed by atoms with van der Waals surface area (Å²) < 4.78 is 4.53. The minimum Gasteiger partial charge on any atom is -0.469 e. The van der Waals surface area contributed by atoms with E-state index in [0.29, 0.717) is 6.42 Å². The van der Waals surface area contributed by atoms with Gasteiger partial charge < -0.3 is 4.74 Å². The molecule has 0 N–H and O–H groups in total. The Bertz CT molecular complexity index is 340. The average molecular weight is 190 g/mol. The van der Waals surface area contributed by atoms with Gasteiger partial charge in [0.25, 0.3) is 0 Å². The van der Waals surface area contributed by atoms with Crippen molar-refractivity contribution in [2.24, 2.45) is 0 Å². The van der Waals surface area contributed by atoms with E-state index >= 15 is 0 Å². The summed E-state index contributed by atoms with van der Waals surface area (Å²) in [6.45, 7) is 2.04. The summed E-state index contributed by atoms with van der Waals surface area (Å²) in [5.41, 5.74) is 2.34. The first-order valence-electron chi connectivity index (χ1n) is 4.53. The number of carbonyl (C=O) groups excluding carboxylic acids is 1. The molecule has 2 nitrogen and oxygen atoms in total. The first-order valence-corrected chi connectivity index (χ1v) is 4.53. The lowest BCUT2D eigenvalue weighted by molar-refractivity contribution is -0.139. The van der Waals surface area contributed by atoms with Crippen molar-refractivity contribution in [2.75, 3.05) is 7.11 Å². The molecule has 0 heterocycles. The number of hydrogen-bond donors (Lipinski definition) is 0. The minimum absolute atomic E-state index is 0.213. The van der Waals surface area contributed by atoms with Crippen LogP contribution in [0.25, 0.3) is 6.08 Å². The molecule has 2 heteroatoms. The predicted octanol–water partition coefficient (Wildman–Crippen LogP) is 2.57. The lowest BCUT2D eigenvalue weighted by Gasteiger charge is -1.98. The van der Waals surface area contributed by atoms with Gasteiger partial charge in [-0.25, -0.2) is 0 Å². The summed E-state index contributed by atoms with van der Waals surface area (Å²) in [7, 11) is 1.39. The number of ether oxygens (including phenoxy) is 1. The molecule has 0 unspecified atom stereocenters. The molecule has 0 aliphatic carbocycles. The van der Waals surface area contributed by atoms with E-state index in [1.54, 1.807) is 0 Å². The molecule has 74 valence electrons. The van der Waals surface area contributed by atoms with E-state index in [9.17, 15) is 4.79 Å². The van der Waals surface area contributed by atoms with Crippen molar-refractivity contribution in [3.63, 3.8) is 0 Å². The van der Waals surface area contributed by atoms with Gasteiger partial charge in [0.15, 0.2) is 0 Å². The smallest absolute Gasteiger partial charge is 0.309 e. The van der Waals surface area contributed by atoms with Crippen molar-refractivity contribution in [3.05, 3.63) is 41.5 Å². The zero-order chi connectivity index (χ0) is 10.4. The van der Waals surface area contributed by atoms with Gasteiger partial charge in [0, 0.05) is 0 Å². The zero-order valence-electron chi connectivity index (χ0n) is 8.49. The molecule has 0 spiro atoms. The number of hydrogen-bond acceptors (Lipinski definition) is 2. The lowest BCUT2D eigenvalue weighted by atomic mass is 10.1. The van der Waals surface area contributed by atoms with Crippen LogP contribution < -0.4 is 0 Å². The van der Waals surface area contributed by atoms with Gasteiger partial charge in [-0.15, -0.1) is 0 Å². The predicted molar refractivity (Wildman–Crippen MR) is 56.8 cm³/mol. The number of benzene rings is 1. The number of aryl methyl sites for hydroxylation is 1. The van der Waals surface area contributed by atoms with Crippen LogP contribution in [0.1, 0.15) is 17.5 Å². The highest BCUT2D eigenvalue weighted by atomic mass is 16.5. The van der Waals surface area contributed by atoms with E-state index in [4.69, 9.17) is 0 Å². The second-order valence-corrected chi connectivity index (χ2v) is 3.04. The van der Waals surface area contributed by atoms with Crippen LogP contribution in [0.15, 0.2) is 30.3 Å². The van der Waals surface area contributed by atoms with Gasteiger partial charge in [0.2, 0.25) is 0 Å². The highest BCUT2D eigenvalue weighted by molar-refractivity contribution is 5.72. The van der Waals surface area contributed by atoms with E-state index in [1.165, 1.54) is 12.7 Å². The van der Waals surface area contributed by atoms with Crippen LogP contribution in [0.2, 0.25) is 0 Å². The van der Waals surface area contributed by atoms with Gasteiger partial charge >= 0.3 is 5.97 Å². The molecule has 0 atom stereocenters. The quantitative estimate of drug-likeness (QED) is 0.685. The topological polar surface area (TPSA) is 26.3 Å². The SMILES string of the molecule is COC(=O)C/C=C/c1ccccc1C. The molecule has 0 amide bonds. The highest BCUT2D eigenvalue weighted by Gasteiger charge is 1.95. The Labute approximate surface area is 84.2 Å². The van der Waals surface area contributed by atoms with Gasteiger partial charge in [-0.2, -0.15) is 0 Å². The molecule has 0 radical (unpaired) electrons. The second kappa shape index (κ2) is 5.22.